The molecule has 12 heteroatoms. The summed E-state index contributed by atoms with van der Waals surface area (Å²) in [5.41, 5.74) is 1.66. The van der Waals surface area contributed by atoms with Gasteiger partial charge in [0.05, 0.1) is 0 Å². The van der Waals surface area contributed by atoms with E-state index in [1.165, 1.54) is 6.26 Å². The van der Waals surface area contributed by atoms with Crippen molar-refractivity contribution in [2.75, 3.05) is 5.32 Å². The monoisotopic (exact) mass is 682 g/mol. The van der Waals surface area contributed by atoms with Gasteiger partial charge in [0, 0.05) is 23.6 Å². The molecule has 3 N–H and O–H groups in total. The number of amides is 1. The highest BCUT2D eigenvalue weighted by molar-refractivity contribution is 5.90. The first kappa shape index (κ1) is 33.5. The molecule has 1 amide bonds. The molecule has 2 aromatic carbocycles. The minimum Gasteiger partial charge on any atom is -0.469 e. The zero-order valence-corrected chi connectivity index (χ0v) is 29.2. The summed E-state index contributed by atoms with van der Waals surface area (Å²) in [6.07, 6.45) is -0.509. The Balaban J connectivity index is 1.45. The van der Waals surface area contributed by atoms with Gasteiger partial charge in [0.2, 0.25) is 17.7 Å². The molecule has 0 aliphatic carbocycles. The summed E-state index contributed by atoms with van der Waals surface area (Å²) in [6.45, 7) is 12.7. The van der Waals surface area contributed by atoms with Crippen molar-refractivity contribution in [2.24, 2.45) is 17.8 Å². The molecule has 5 atom stereocenters. The number of benzene rings is 2. The van der Waals surface area contributed by atoms with Gasteiger partial charge in [-0.25, -0.2) is 14.8 Å². The number of ether oxygens (including phenoxy) is 2. The first-order chi connectivity index (χ1) is 23.7. The van der Waals surface area contributed by atoms with Crippen molar-refractivity contribution in [1.29, 1.82) is 0 Å². The minimum atomic E-state index is -1.19. The van der Waals surface area contributed by atoms with E-state index in [1.54, 1.807) is 34.6 Å². The van der Waals surface area contributed by atoms with Crippen LogP contribution >= 0.6 is 0 Å². The number of rotatable bonds is 7. The fourth-order valence-electron chi connectivity index (χ4n) is 7.10. The largest absolute Gasteiger partial charge is 0.469 e. The van der Waals surface area contributed by atoms with Crippen molar-refractivity contribution in [3.8, 4) is 17.3 Å². The standard InChI is InChI=1S/C38H42N4O8/c1-18(2)28-34-42-29(33-39-25(17-47-33)35(46)50-37(5,6)7)31(49-34)38-22-10-8-9-11-24(22)40-36(38)48-27-13-12-20(15-23(27)38)14-21(32(45)41-28)16-26(43)30(44)19(3)4/h8-13,15,17-19,21,28,30,36,40,44H,14,16H2,1-7H3,(H,41,45)/t21-,28+,30+,36+,38?/m1/s1. The van der Waals surface area contributed by atoms with E-state index in [4.69, 9.17) is 23.3 Å². The molecule has 5 heterocycles. The van der Waals surface area contributed by atoms with Gasteiger partial charge in [-0.3, -0.25) is 9.59 Å². The second-order valence-corrected chi connectivity index (χ2v) is 15.1. The van der Waals surface area contributed by atoms with Crippen LogP contribution in [-0.4, -0.2) is 50.7 Å². The molecular formula is C38H42N4O8. The summed E-state index contributed by atoms with van der Waals surface area (Å²) >= 11 is 0. The second kappa shape index (κ2) is 12.1. The summed E-state index contributed by atoms with van der Waals surface area (Å²) in [7, 11) is 0. The van der Waals surface area contributed by atoms with E-state index in [-0.39, 0.29) is 53.8 Å². The van der Waals surface area contributed by atoms with Crippen LogP contribution in [0.3, 0.4) is 0 Å². The van der Waals surface area contributed by atoms with Crippen LogP contribution in [-0.2, 0) is 26.2 Å². The van der Waals surface area contributed by atoms with E-state index >= 15 is 0 Å². The molecule has 0 radical (unpaired) electrons. The van der Waals surface area contributed by atoms with E-state index < -0.39 is 47.1 Å². The number of Topliss-reactive ketones (excluding diaryl/α,β-unsaturated/α-hetero) is 1. The van der Waals surface area contributed by atoms with Gasteiger partial charge in [-0.2, -0.15) is 0 Å². The number of aliphatic hydroxyl groups excluding tert-OH is 1. The number of ketones is 1. The number of carbonyl (C=O) groups excluding carboxylic acids is 3. The Morgan fingerprint density at radius 2 is 1.82 bits per heavy atom. The fourth-order valence-corrected chi connectivity index (χ4v) is 7.10. The molecule has 3 aliphatic heterocycles. The number of hydrogen-bond acceptors (Lipinski definition) is 11. The fraction of sp³-hybridized carbons (Fsp3) is 0.447. The first-order valence-corrected chi connectivity index (χ1v) is 17.0. The van der Waals surface area contributed by atoms with Gasteiger partial charge >= 0.3 is 5.97 Å². The number of nitrogens with zero attached hydrogens (tertiary/aromatic N) is 2. The van der Waals surface area contributed by atoms with Crippen LogP contribution in [0.25, 0.3) is 11.6 Å². The number of aromatic nitrogens is 2. The number of hydrogen-bond donors (Lipinski definition) is 3. The van der Waals surface area contributed by atoms with Crippen LogP contribution in [0.2, 0.25) is 0 Å². The van der Waals surface area contributed by atoms with E-state index in [9.17, 15) is 19.5 Å². The van der Waals surface area contributed by atoms with Gasteiger partial charge in [-0.15, -0.1) is 0 Å². The van der Waals surface area contributed by atoms with Crippen molar-refractivity contribution in [3.05, 3.63) is 82.8 Å². The van der Waals surface area contributed by atoms with Crippen LogP contribution in [0.4, 0.5) is 5.69 Å². The van der Waals surface area contributed by atoms with E-state index in [0.29, 0.717) is 11.5 Å². The average Bonchev–Trinajstić information content (AvgIpc) is 3.82. The van der Waals surface area contributed by atoms with E-state index in [2.05, 4.69) is 15.6 Å². The van der Waals surface area contributed by atoms with Crippen LogP contribution in [0.5, 0.6) is 5.75 Å². The quantitative estimate of drug-likeness (QED) is 0.204. The Morgan fingerprint density at radius 3 is 2.54 bits per heavy atom. The average molecular weight is 683 g/mol. The predicted molar refractivity (Wildman–Crippen MR) is 181 cm³/mol. The number of carbonyl (C=O) groups is 3. The van der Waals surface area contributed by atoms with E-state index in [0.717, 1.165) is 22.4 Å². The molecule has 7 rings (SSSR count). The molecule has 50 heavy (non-hydrogen) atoms. The van der Waals surface area contributed by atoms with Crippen LogP contribution in [0.1, 0.15) is 99.8 Å². The number of anilines is 1. The molecule has 3 aliphatic rings. The maximum Gasteiger partial charge on any atom is 0.360 e. The van der Waals surface area contributed by atoms with Gasteiger partial charge < -0.3 is 34.0 Å². The lowest BCUT2D eigenvalue weighted by atomic mass is 9.72. The summed E-state index contributed by atoms with van der Waals surface area (Å²) in [6, 6.07) is 12.9. The zero-order chi connectivity index (χ0) is 35.7. The second-order valence-electron chi connectivity index (χ2n) is 15.1. The van der Waals surface area contributed by atoms with Crippen LogP contribution in [0.15, 0.2) is 57.6 Å². The third kappa shape index (κ3) is 5.55. The van der Waals surface area contributed by atoms with Crippen LogP contribution < -0.4 is 15.4 Å². The first-order valence-electron chi connectivity index (χ1n) is 17.0. The Bertz CT molecular complexity index is 1990. The number of oxazole rings is 2. The highest BCUT2D eigenvalue weighted by atomic mass is 16.6. The van der Waals surface area contributed by atoms with Gasteiger partial charge in [-0.05, 0) is 62.3 Å². The lowest BCUT2D eigenvalue weighted by Crippen LogP contribution is -2.41. The molecular weight excluding hydrogens is 640 g/mol. The highest BCUT2D eigenvalue weighted by Gasteiger charge is 2.61. The number of esters is 1. The minimum absolute atomic E-state index is 0.0301. The number of para-hydroxylation sites is 1. The third-order valence-corrected chi connectivity index (χ3v) is 9.55. The van der Waals surface area contributed by atoms with Gasteiger partial charge in [0.1, 0.15) is 35.2 Å². The zero-order valence-electron chi connectivity index (χ0n) is 29.2. The maximum atomic E-state index is 14.1. The number of nitrogens with one attached hydrogen (secondary N) is 2. The summed E-state index contributed by atoms with van der Waals surface area (Å²) < 4.78 is 24.9. The Labute approximate surface area is 290 Å². The Kier molecular flexibility index (Phi) is 8.12. The summed E-state index contributed by atoms with van der Waals surface area (Å²) in [5.74, 6) is -1.47. The molecule has 0 saturated heterocycles. The lowest BCUT2D eigenvalue weighted by molar-refractivity contribution is -0.135. The SMILES string of the molecule is CC(C)[C@H](O)C(=O)C[C@H]1Cc2ccc3c(c2)C2(c4ccccc4N[C@H]2O3)c2oc(nc2-c2nc(C(=O)OC(C)(C)C)co2)[C@H](C(C)C)NC1=O. The Morgan fingerprint density at radius 1 is 1.06 bits per heavy atom. The predicted octanol–water partition coefficient (Wildman–Crippen LogP) is 5.73. The molecule has 12 nitrogen and oxygen atoms in total. The van der Waals surface area contributed by atoms with Crippen molar-refractivity contribution in [3.63, 3.8) is 0 Å². The molecule has 1 spiro atoms. The number of aliphatic hydroxyl groups is 1. The summed E-state index contributed by atoms with van der Waals surface area (Å²) in [5, 5.41) is 17.2. The smallest absolute Gasteiger partial charge is 0.360 e. The molecule has 4 bridgehead atoms. The topological polar surface area (TPSA) is 166 Å². The van der Waals surface area contributed by atoms with Gasteiger partial charge in [-0.1, -0.05) is 58.0 Å². The normalized spacial score (nSPS) is 22.8. The lowest BCUT2D eigenvalue weighted by Gasteiger charge is -2.28. The molecule has 1 unspecified atom stereocenters. The molecule has 262 valence electrons. The van der Waals surface area contributed by atoms with Crippen molar-refractivity contribution >= 4 is 23.3 Å². The third-order valence-electron chi connectivity index (χ3n) is 9.55. The maximum absolute atomic E-state index is 14.1. The van der Waals surface area contributed by atoms with Crippen molar-refractivity contribution in [2.45, 2.75) is 90.7 Å². The van der Waals surface area contributed by atoms with Crippen LogP contribution in [0, 0.1) is 17.8 Å². The number of fused-ring (bicyclic) bond motifs is 4. The van der Waals surface area contributed by atoms with E-state index in [1.807, 2.05) is 56.3 Å². The molecule has 4 aromatic rings. The van der Waals surface area contributed by atoms with Crippen molar-refractivity contribution < 1.29 is 37.8 Å². The van der Waals surface area contributed by atoms with Crippen molar-refractivity contribution in [1.82, 2.24) is 15.3 Å². The van der Waals surface area contributed by atoms with Gasteiger partial charge in [0.15, 0.2) is 29.2 Å². The summed E-state index contributed by atoms with van der Waals surface area (Å²) in [4.78, 5) is 49.8. The molecule has 2 aromatic heterocycles. The van der Waals surface area contributed by atoms with Gasteiger partial charge in [0.25, 0.3) is 0 Å². The Hall–Kier alpha value is -4.97. The molecule has 0 fully saturated rings. The highest BCUT2D eigenvalue weighted by Crippen LogP contribution is 2.59. The molecule has 0 saturated carbocycles.